The van der Waals surface area contributed by atoms with E-state index in [0.717, 1.165) is 0 Å². The van der Waals surface area contributed by atoms with Crippen LogP contribution < -0.4 is 10.6 Å². The van der Waals surface area contributed by atoms with Crippen LogP contribution in [0.2, 0.25) is 0 Å². The summed E-state index contributed by atoms with van der Waals surface area (Å²) in [4.78, 5) is 0. The van der Waals surface area contributed by atoms with E-state index in [-0.39, 0.29) is 12.5 Å². The molecule has 0 rings (SSSR count). The van der Waals surface area contributed by atoms with Gasteiger partial charge in [-0.3, -0.25) is 0 Å². The first kappa shape index (κ1) is 13.7. The van der Waals surface area contributed by atoms with Crippen molar-refractivity contribution in [1.29, 1.82) is 0 Å². The van der Waals surface area contributed by atoms with Gasteiger partial charge in [0.15, 0.2) is 0 Å². The summed E-state index contributed by atoms with van der Waals surface area (Å²) in [5.41, 5.74) is 0. The van der Waals surface area contributed by atoms with Crippen molar-refractivity contribution in [2.75, 3.05) is 13.1 Å². The summed E-state index contributed by atoms with van der Waals surface area (Å²) in [5.74, 6) is 0. The van der Waals surface area contributed by atoms with E-state index in [1.807, 2.05) is 6.92 Å². The molecular weight excluding hydrogens is 193 g/mol. The Balaban J connectivity index is 4.09. The smallest absolute Gasteiger partial charge is 0.314 e. The largest absolute Gasteiger partial charge is 0.403 e. The molecule has 0 radical (unpaired) electrons. The zero-order chi connectivity index (χ0) is 11.2. The molecule has 0 amide bonds. The zero-order valence-corrected chi connectivity index (χ0v) is 8.91. The quantitative estimate of drug-likeness (QED) is 0.703. The minimum Gasteiger partial charge on any atom is -0.314 e. The summed E-state index contributed by atoms with van der Waals surface area (Å²) in [5, 5.41) is 5.41. The predicted octanol–water partition coefficient (Wildman–Crippen LogP) is 1.91. The van der Waals surface area contributed by atoms with Gasteiger partial charge in [0, 0.05) is 6.04 Å². The highest BCUT2D eigenvalue weighted by molar-refractivity contribution is 4.79. The molecule has 86 valence electrons. The van der Waals surface area contributed by atoms with Gasteiger partial charge >= 0.3 is 6.18 Å². The Morgan fingerprint density at radius 1 is 1.07 bits per heavy atom. The summed E-state index contributed by atoms with van der Waals surface area (Å²) in [6.45, 7) is 6.35. The molecule has 0 fully saturated rings. The number of nitrogens with one attached hydrogen (secondary N) is 2. The van der Waals surface area contributed by atoms with E-state index >= 15 is 0 Å². The maximum atomic E-state index is 12.4. The first-order valence-corrected chi connectivity index (χ1v) is 4.95. The molecule has 0 saturated heterocycles. The molecule has 5 heteroatoms. The maximum absolute atomic E-state index is 12.4. The number of hydrogen-bond acceptors (Lipinski definition) is 2. The first-order chi connectivity index (χ1) is 6.41. The normalized spacial score (nSPS) is 16.7. The monoisotopic (exact) mass is 212 g/mol. The second kappa shape index (κ2) is 6.24. The third-order valence-electron chi connectivity index (χ3n) is 1.99. The highest BCUT2D eigenvalue weighted by Gasteiger charge is 2.39. The van der Waals surface area contributed by atoms with E-state index in [2.05, 4.69) is 10.6 Å². The second-order valence-electron chi connectivity index (χ2n) is 3.35. The van der Waals surface area contributed by atoms with Gasteiger partial charge in [0.2, 0.25) is 0 Å². The molecule has 0 aromatic carbocycles. The SMILES string of the molecule is CCNC(C)CC(NCC)C(F)(F)F. The molecule has 2 atom stereocenters. The van der Waals surface area contributed by atoms with E-state index in [4.69, 9.17) is 0 Å². The van der Waals surface area contributed by atoms with E-state index in [1.54, 1.807) is 13.8 Å². The van der Waals surface area contributed by atoms with E-state index in [1.165, 1.54) is 0 Å². The average Bonchev–Trinajstić information content (AvgIpc) is 2.02. The number of hydrogen-bond donors (Lipinski definition) is 2. The van der Waals surface area contributed by atoms with Crippen LogP contribution >= 0.6 is 0 Å². The van der Waals surface area contributed by atoms with Crippen LogP contribution in [0.5, 0.6) is 0 Å². The second-order valence-corrected chi connectivity index (χ2v) is 3.35. The van der Waals surface area contributed by atoms with Gasteiger partial charge in [-0.25, -0.2) is 0 Å². The molecule has 0 aromatic rings. The van der Waals surface area contributed by atoms with Crippen LogP contribution in [0.1, 0.15) is 27.2 Å². The van der Waals surface area contributed by atoms with Gasteiger partial charge in [0.05, 0.1) is 0 Å². The lowest BCUT2D eigenvalue weighted by atomic mass is 10.1. The topological polar surface area (TPSA) is 24.1 Å². The third kappa shape index (κ3) is 5.44. The zero-order valence-electron chi connectivity index (χ0n) is 8.91. The molecule has 0 aliphatic rings. The Morgan fingerprint density at radius 2 is 1.57 bits per heavy atom. The van der Waals surface area contributed by atoms with Gasteiger partial charge in [-0.2, -0.15) is 13.2 Å². The van der Waals surface area contributed by atoms with Gasteiger partial charge < -0.3 is 10.6 Å². The Labute approximate surface area is 83.3 Å². The average molecular weight is 212 g/mol. The Kier molecular flexibility index (Phi) is 6.11. The van der Waals surface area contributed by atoms with Crippen LogP contribution in [0.15, 0.2) is 0 Å². The maximum Gasteiger partial charge on any atom is 0.403 e. The van der Waals surface area contributed by atoms with E-state index in [9.17, 15) is 13.2 Å². The van der Waals surface area contributed by atoms with Crippen molar-refractivity contribution in [2.24, 2.45) is 0 Å². The van der Waals surface area contributed by atoms with Crippen LogP contribution in [-0.4, -0.2) is 31.3 Å². The van der Waals surface area contributed by atoms with Crippen molar-refractivity contribution in [1.82, 2.24) is 10.6 Å². The molecule has 0 aromatic heterocycles. The summed E-state index contributed by atoms with van der Waals surface area (Å²) in [6, 6.07) is -1.52. The Morgan fingerprint density at radius 3 is 1.93 bits per heavy atom. The number of alkyl halides is 3. The molecule has 0 bridgehead atoms. The summed E-state index contributed by atoms with van der Waals surface area (Å²) < 4.78 is 37.3. The lowest BCUT2D eigenvalue weighted by Gasteiger charge is -2.24. The van der Waals surface area contributed by atoms with Gasteiger partial charge in [0.1, 0.15) is 6.04 Å². The van der Waals surface area contributed by atoms with E-state index < -0.39 is 12.2 Å². The molecule has 2 unspecified atom stereocenters. The molecule has 2 nitrogen and oxygen atoms in total. The number of halogens is 3. The molecule has 0 spiro atoms. The minimum atomic E-state index is -4.15. The van der Waals surface area contributed by atoms with Gasteiger partial charge in [-0.1, -0.05) is 13.8 Å². The van der Waals surface area contributed by atoms with Crippen LogP contribution in [0.25, 0.3) is 0 Å². The highest BCUT2D eigenvalue weighted by Crippen LogP contribution is 2.23. The van der Waals surface area contributed by atoms with Crippen molar-refractivity contribution in [3.8, 4) is 0 Å². The summed E-state index contributed by atoms with van der Waals surface area (Å²) in [6.07, 6.45) is -4.08. The summed E-state index contributed by atoms with van der Waals surface area (Å²) >= 11 is 0. The van der Waals surface area contributed by atoms with Crippen molar-refractivity contribution in [3.63, 3.8) is 0 Å². The lowest BCUT2D eigenvalue weighted by molar-refractivity contribution is -0.158. The lowest BCUT2D eigenvalue weighted by Crippen LogP contribution is -2.46. The number of rotatable bonds is 6. The van der Waals surface area contributed by atoms with Crippen molar-refractivity contribution < 1.29 is 13.2 Å². The highest BCUT2D eigenvalue weighted by atomic mass is 19.4. The van der Waals surface area contributed by atoms with Crippen molar-refractivity contribution >= 4 is 0 Å². The van der Waals surface area contributed by atoms with Crippen molar-refractivity contribution in [3.05, 3.63) is 0 Å². The predicted molar refractivity (Wildman–Crippen MR) is 51.3 cm³/mol. The fourth-order valence-corrected chi connectivity index (χ4v) is 1.36. The fraction of sp³-hybridized carbons (Fsp3) is 1.00. The molecule has 0 saturated carbocycles. The fourth-order valence-electron chi connectivity index (χ4n) is 1.36. The molecule has 2 N–H and O–H groups in total. The molecule has 0 heterocycles. The molecular formula is C9H19F3N2. The van der Waals surface area contributed by atoms with Crippen LogP contribution in [-0.2, 0) is 0 Å². The first-order valence-electron chi connectivity index (χ1n) is 4.95. The minimum absolute atomic E-state index is 0.0746. The Hall–Kier alpha value is -0.290. The standard InChI is InChI=1S/C9H19F3N2/c1-4-13-7(3)6-8(14-5-2)9(10,11)12/h7-8,13-14H,4-6H2,1-3H3. The van der Waals surface area contributed by atoms with E-state index in [0.29, 0.717) is 13.1 Å². The summed E-state index contributed by atoms with van der Waals surface area (Å²) in [7, 11) is 0. The van der Waals surface area contributed by atoms with Gasteiger partial charge in [-0.05, 0) is 26.4 Å². The molecule has 14 heavy (non-hydrogen) atoms. The van der Waals surface area contributed by atoms with Crippen LogP contribution in [0, 0.1) is 0 Å². The van der Waals surface area contributed by atoms with Gasteiger partial charge in [0.25, 0.3) is 0 Å². The van der Waals surface area contributed by atoms with Gasteiger partial charge in [-0.15, -0.1) is 0 Å². The Bertz CT molecular complexity index is 147. The molecule has 0 aliphatic heterocycles. The van der Waals surface area contributed by atoms with Crippen LogP contribution in [0.3, 0.4) is 0 Å². The molecule has 0 aliphatic carbocycles. The third-order valence-corrected chi connectivity index (χ3v) is 1.99. The van der Waals surface area contributed by atoms with Crippen LogP contribution in [0.4, 0.5) is 13.2 Å². The van der Waals surface area contributed by atoms with Crippen molar-refractivity contribution in [2.45, 2.75) is 45.5 Å².